The van der Waals surface area contributed by atoms with E-state index in [0.29, 0.717) is 33.0 Å². The molecule has 0 fully saturated rings. The van der Waals surface area contributed by atoms with E-state index in [4.69, 9.17) is 11.6 Å². The van der Waals surface area contributed by atoms with Gasteiger partial charge in [-0.2, -0.15) is 0 Å². The summed E-state index contributed by atoms with van der Waals surface area (Å²) in [5.41, 5.74) is 3.59. The molecule has 196 valence electrons. The lowest BCUT2D eigenvalue weighted by Gasteiger charge is -2.29. The number of carbonyl (C=O) groups is 3. The molecule has 2 aromatic heterocycles. The molecular weight excluding hydrogens is 519 g/mol. The minimum Gasteiger partial charge on any atom is -0.324 e. The van der Waals surface area contributed by atoms with Crippen molar-refractivity contribution in [2.24, 2.45) is 0 Å². The first kappa shape index (κ1) is 26.2. The second-order valence-corrected chi connectivity index (χ2v) is 9.82. The van der Waals surface area contributed by atoms with Crippen LogP contribution in [0.25, 0.3) is 0 Å². The lowest BCUT2D eigenvalue weighted by molar-refractivity contribution is -0.122. The molecule has 2 amide bonds. The minimum atomic E-state index is -0.730. The Balaban J connectivity index is 1.44. The van der Waals surface area contributed by atoms with Gasteiger partial charge in [0, 0.05) is 47.4 Å². The van der Waals surface area contributed by atoms with Crippen molar-refractivity contribution in [2.45, 2.75) is 32.4 Å². The summed E-state index contributed by atoms with van der Waals surface area (Å²) in [7, 11) is 0. The highest BCUT2D eigenvalue weighted by molar-refractivity contribution is 6.30. The Morgan fingerprint density at radius 3 is 2.64 bits per heavy atom. The van der Waals surface area contributed by atoms with Crippen molar-refractivity contribution < 1.29 is 18.8 Å². The third-order valence-corrected chi connectivity index (χ3v) is 6.89. The summed E-state index contributed by atoms with van der Waals surface area (Å²) in [4.78, 5) is 49.9. The summed E-state index contributed by atoms with van der Waals surface area (Å²) in [6, 6.07) is 17.5. The molecule has 7 nitrogen and oxygen atoms in total. The Labute approximate surface area is 229 Å². The standard InChI is InChI=1S/C30H24ClFN4O3/c1-18-12-19(5-8-24(18)29(38)35-28-10-7-22(32)16-34-28)17-36-26(15-23-4-2-3-11-33-23)27(37)14-20-13-21(31)6-9-25(20)30(36)39/h2-13,16,26H,14-15,17H2,1H3,(H,34,35,38)/t26-/m1/s1. The SMILES string of the molecule is Cc1cc(CN2C(=O)c3ccc(Cl)cc3CC(=O)[C@H]2Cc2ccccn2)ccc1C(=O)Nc1ccc(F)cn1. The van der Waals surface area contributed by atoms with Crippen molar-refractivity contribution in [1.82, 2.24) is 14.9 Å². The highest BCUT2D eigenvalue weighted by atomic mass is 35.5. The molecule has 0 saturated carbocycles. The highest BCUT2D eigenvalue weighted by Gasteiger charge is 2.35. The zero-order valence-electron chi connectivity index (χ0n) is 21.0. The number of nitrogens with one attached hydrogen (secondary N) is 1. The van der Waals surface area contributed by atoms with Gasteiger partial charge in [0.15, 0.2) is 5.78 Å². The minimum absolute atomic E-state index is 0.0885. The fraction of sp³-hybridized carbons (Fsp3) is 0.167. The topological polar surface area (TPSA) is 92.3 Å². The Morgan fingerprint density at radius 2 is 1.92 bits per heavy atom. The summed E-state index contributed by atoms with van der Waals surface area (Å²) < 4.78 is 13.1. The maximum atomic E-state index is 13.8. The number of aryl methyl sites for hydroxylation is 1. The molecule has 0 radical (unpaired) electrons. The summed E-state index contributed by atoms with van der Waals surface area (Å²) in [6.07, 6.45) is 3.05. The van der Waals surface area contributed by atoms with E-state index in [-0.39, 0.29) is 36.9 Å². The number of aromatic nitrogens is 2. The quantitative estimate of drug-likeness (QED) is 0.361. The van der Waals surface area contributed by atoms with E-state index in [1.165, 1.54) is 12.1 Å². The molecular formula is C30H24ClFN4O3. The van der Waals surface area contributed by atoms with E-state index in [9.17, 15) is 18.8 Å². The molecule has 4 aromatic rings. The number of hydrogen-bond donors (Lipinski definition) is 1. The van der Waals surface area contributed by atoms with Gasteiger partial charge in [-0.25, -0.2) is 9.37 Å². The predicted octanol–water partition coefficient (Wildman–Crippen LogP) is 5.21. The van der Waals surface area contributed by atoms with Gasteiger partial charge in [0.2, 0.25) is 0 Å². The van der Waals surface area contributed by atoms with Gasteiger partial charge in [-0.3, -0.25) is 19.4 Å². The fourth-order valence-electron chi connectivity index (χ4n) is 4.72. The predicted molar refractivity (Wildman–Crippen MR) is 145 cm³/mol. The third kappa shape index (κ3) is 5.86. The van der Waals surface area contributed by atoms with Crippen LogP contribution in [0.5, 0.6) is 0 Å². The number of rotatable bonds is 6. The van der Waals surface area contributed by atoms with E-state index in [2.05, 4.69) is 15.3 Å². The van der Waals surface area contributed by atoms with Gasteiger partial charge in [-0.1, -0.05) is 29.8 Å². The second-order valence-electron chi connectivity index (χ2n) is 9.38. The van der Waals surface area contributed by atoms with Crippen LogP contribution in [0.3, 0.4) is 0 Å². The van der Waals surface area contributed by atoms with Gasteiger partial charge < -0.3 is 10.2 Å². The number of carbonyl (C=O) groups excluding carboxylic acids is 3. The van der Waals surface area contributed by atoms with Crippen LogP contribution < -0.4 is 5.32 Å². The van der Waals surface area contributed by atoms with Crippen LogP contribution in [-0.4, -0.2) is 38.5 Å². The van der Waals surface area contributed by atoms with E-state index in [0.717, 1.165) is 11.8 Å². The van der Waals surface area contributed by atoms with Crippen LogP contribution >= 0.6 is 11.6 Å². The van der Waals surface area contributed by atoms with Crippen molar-refractivity contribution in [3.8, 4) is 0 Å². The number of pyridine rings is 2. The number of halogens is 2. The van der Waals surface area contributed by atoms with Gasteiger partial charge in [0.05, 0.1) is 12.2 Å². The average molecular weight is 543 g/mol. The van der Waals surface area contributed by atoms with E-state index in [1.807, 2.05) is 18.2 Å². The van der Waals surface area contributed by atoms with Gasteiger partial charge in [-0.15, -0.1) is 0 Å². The van der Waals surface area contributed by atoms with Crippen molar-refractivity contribution in [3.05, 3.63) is 123 Å². The monoisotopic (exact) mass is 542 g/mol. The first-order valence-electron chi connectivity index (χ1n) is 12.3. The Morgan fingerprint density at radius 1 is 1.08 bits per heavy atom. The average Bonchev–Trinajstić information content (AvgIpc) is 3.00. The zero-order chi connectivity index (χ0) is 27.5. The van der Waals surface area contributed by atoms with E-state index in [1.54, 1.807) is 54.4 Å². The van der Waals surface area contributed by atoms with Crippen LogP contribution in [0.15, 0.2) is 79.1 Å². The first-order valence-corrected chi connectivity index (χ1v) is 12.7. The molecule has 0 bridgehead atoms. The maximum absolute atomic E-state index is 13.8. The maximum Gasteiger partial charge on any atom is 0.257 e. The molecule has 0 unspecified atom stereocenters. The highest BCUT2D eigenvalue weighted by Crippen LogP contribution is 2.27. The molecule has 3 heterocycles. The molecule has 5 rings (SSSR count). The molecule has 39 heavy (non-hydrogen) atoms. The molecule has 0 saturated heterocycles. The molecule has 1 aliphatic rings. The summed E-state index contributed by atoms with van der Waals surface area (Å²) in [5, 5.41) is 3.12. The Bertz CT molecular complexity index is 1560. The van der Waals surface area contributed by atoms with E-state index < -0.39 is 17.8 Å². The van der Waals surface area contributed by atoms with Crippen LogP contribution in [-0.2, 0) is 24.2 Å². The Hall–Kier alpha value is -4.43. The lowest BCUT2D eigenvalue weighted by atomic mass is 9.99. The zero-order valence-corrected chi connectivity index (χ0v) is 21.8. The van der Waals surface area contributed by atoms with Gasteiger partial charge in [0.25, 0.3) is 11.8 Å². The number of fused-ring (bicyclic) bond motifs is 1. The molecule has 1 atom stereocenters. The fourth-order valence-corrected chi connectivity index (χ4v) is 4.92. The van der Waals surface area contributed by atoms with Crippen molar-refractivity contribution in [3.63, 3.8) is 0 Å². The smallest absolute Gasteiger partial charge is 0.257 e. The third-order valence-electron chi connectivity index (χ3n) is 6.66. The molecule has 2 aromatic carbocycles. The summed E-state index contributed by atoms with van der Waals surface area (Å²) >= 11 is 6.17. The number of ketones is 1. The number of Topliss-reactive ketones (excluding diaryl/α,β-unsaturated/α-hetero) is 1. The lowest BCUT2D eigenvalue weighted by Crippen LogP contribution is -2.45. The number of hydrogen-bond acceptors (Lipinski definition) is 5. The molecule has 1 N–H and O–H groups in total. The van der Waals surface area contributed by atoms with Crippen molar-refractivity contribution in [2.75, 3.05) is 5.32 Å². The molecule has 0 spiro atoms. The number of nitrogens with zero attached hydrogens (tertiary/aromatic N) is 3. The normalized spacial score (nSPS) is 15.1. The number of anilines is 1. The number of benzene rings is 2. The van der Waals surface area contributed by atoms with Gasteiger partial charge in [-0.05, 0) is 72.1 Å². The van der Waals surface area contributed by atoms with Crippen molar-refractivity contribution in [1.29, 1.82) is 0 Å². The summed E-state index contributed by atoms with van der Waals surface area (Å²) in [5.74, 6) is -1.03. The van der Waals surface area contributed by atoms with Crippen LogP contribution in [0.1, 0.15) is 43.1 Å². The van der Waals surface area contributed by atoms with Crippen LogP contribution in [0, 0.1) is 12.7 Å². The van der Waals surface area contributed by atoms with Crippen LogP contribution in [0.2, 0.25) is 5.02 Å². The first-order chi connectivity index (χ1) is 18.8. The van der Waals surface area contributed by atoms with E-state index >= 15 is 0 Å². The van der Waals surface area contributed by atoms with Gasteiger partial charge >= 0.3 is 0 Å². The largest absolute Gasteiger partial charge is 0.324 e. The van der Waals surface area contributed by atoms with Gasteiger partial charge in [0.1, 0.15) is 11.6 Å². The molecule has 1 aliphatic heterocycles. The molecule has 0 aliphatic carbocycles. The van der Waals surface area contributed by atoms with Crippen molar-refractivity contribution >= 4 is 35.0 Å². The molecule has 9 heteroatoms. The second kappa shape index (κ2) is 11.1. The van der Waals surface area contributed by atoms with Crippen LogP contribution in [0.4, 0.5) is 10.2 Å². The number of amides is 2. The summed E-state index contributed by atoms with van der Waals surface area (Å²) in [6.45, 7) is 1.95. The Kier molecular flexibility index (Phi) is 7.47.